The second-order valence-electron chi connectivity index (χ2n) is 3.77. The van der Waals surface area contributed by atoms with Crippen molar-refractivity contribution in [2.24, 2.45) is 7.05 Å². The highest BCUT2D eigenvalue weighted by Gasteiger charge is 2.11. The fraction of sp³-hybridized carbons (Fsp3) is 0.778. The fourth-order valence-corrected chi connectivity index (χ4v) is 2.65. The molecule has 2 heterocycles. The second kappa shape index (κ2) is 4.85. The van der Waals surface area contributed by atoms with Gasteiger partial charge in [0.05, 0.1) is 0 Å². The summed E-state index contributed by atoms with van der Waals surface area (Å²) >= 11 is 1.63. The molecule has 2 rings (SSSR count). The van der Waals surface area contributed by atoms with Crippen molar-refractivity contribution < 1.29 is 0 Å². The monoisotopic (exact) mass is 228 g/mol. The fourth-order valence-electron chi connectivity index (χ4n) is 1.73. The normalized spacial score (nSPS) is 17.4. The molecule has 6 heteroatoms. The molecule has 5 nitrogen and oxygen atoms in total. The van der Waals surface area contributed by atoms with Crippen LogP contribution < -0.4 is 5.69 Å². The molecule has 0 radical (unpaired) electrons. The number of hydrogen-bond donors (Lipinski definition) is 1. The summed E-state index contributed by atoms with van der Waals surface area (Å²) in [6, 6.07) is 0. The lowest BCUT2D eigenvalue weighted by atomic mass is 10.4. The molecule has 1 N–H and O–H groups in total. The van der Waals surface area contributed by atoms with E-state index in [2.05, 4.69) is 15.1 Å². The molecule has 1 aromatic heterocycles. The molecule has 84 valence electrons. The smallest absolute Gasteiger partial charge is 0.303 e. The summed E-state index contributed by atoms with van der Waals surface area (Å²) in [5.41, 5.74) is -0.140. The van der Waals surface area contributed by atoms with E-state index in [0.29, 0.717) is 0 Å². The molecule has 0 saturated carbocycles. The maximum Gasteiger partial charge on any atom is 0.343 e. The van der Waals surface area contributed by atoms with Gasteiger partial charge in [-0.3, -0.25) is 4.57 Å². The molecular weight excluding hydrogens is 212 g/mol. The van der Waals surface area contributed by atoms with Crippen molar-refractivity contribution in [3.8, 4) is 0 Å². The van der Waals surface area contributed by atoms with Crippen LogP contribution in [-0.2, 0) is 7.05 Å². The molecule has 1 saturated heterocycles. The van der Waals surface area contributed by atoms with E-state index in [1.165, 1.54) is 25.9 Å². The summed E-state index contributed by atoms with van der Waals surface area (Å²) in [6.07, 6.45) is 2.65. The average molecular weight is 228 g/mol. The van der Waals surface area contributed by atoms with Gasteiger partial charge >= 0.3 is 5.69 Å². The zero-order valence-corrected chi connectivity index (χ0v) is 9.72. The lowest BCUT2D eigenvalue weighted by Crippen LogP contribution is -2.22. The van der Waals surface area contributed by atoms with E-state index in [-0.39, 0.29) is 5.69 Å². The van der Waals surface area contributed by atoms with Crippen LogP contribution in [0.15, 0.2) is 9.95 Å². The van der Waals surface area contributed by atoms with Gasteiger partial charge in [-0.05, 0) is 25.9 Å². The zero-order chi connectivity index (χ0) is 10.7. The maximum atomic E-state index is 11.1. The van der Waals surface area contributed by atoms with Crippen LogP contribution in [0, 0.1) is 0 Å². The van der Waals surface area contributed by atoms with Gasteiger partial charge in [0.2, 0.25) is 0 Å². The highest BCUT2D eigenvalue weighted by atomic mass is 32.2. The molecule has 0 spiro atoms. The lowest BCUT2D eigenvalue weighted by molar-refractivity contribution is 0.362. The highest BCUT2D eigenvalue weighted by Crippen LogP contribution is 2.14. The van der Waals surface area contributed by atoms with Crippen LogP contribution in [-0.4, -0.2) is 45.1 Å². The third-order valence-electron chi connectivity index (χ3n) is 2.68. The van der Waals surface area contributed by atoms with Crippen LogP contribution in [0.5, 0.6) is 0 Å². The molecule has 0 amide bonds. The van der Waals surface area contributed by atoms with Crippen LogP contribution in [0.3, 0.4) is 0 Å². The topological polar surface area (TPSA) is 53.9 Å². The van der Waals surface area contributed by atoms with E-state index in [9.17, 15) is 4.79 Å². The minimum absolute atomic E-state index is 0.140. The van der Waals surface area contributed by atoms with E-state index in [1.54, 1.807) is 23.4 Å². The summed E-state index contributed by atoms with van der Waals surface area (Å²) < 4.78 is 1.55. The van der Waals surface area contributed by atoms with Gasteiger partial charge < -0.3 is 4.90 Å². The summed E-state index contributed by atoms with van der Waals surface area (Å²) in [7, 11) is 1.74. The molecule has 0 bridgehead atoms. The summed E-state index contributed by atoms with van der Waals surface area (Å²) in [6.45, 7) is 3.53. The highest BCUT2D eigenvalue weighted by molar-refractivity contribution is 7.99. The summed E-state index contributed by atoms with van der Waals surface area (Å²) in [4.78, 5) is 13.5. The average Bonchev–Trinajstić information content (AvgIpc) is 2.83. The van der Waals surface area contributed by atoms with Crippen molar-refractivity contribution in [1.29, 1.82) is 0 Å². The Morgan fingerprint density at radius 3 is 2.80 bits per heavy atom. The number of nitrogens with one attached hydrogen (secondary N) is 1. The molecule has 1 aliphatic rings. The molecule has 1 fully saturated rings. The number of hydrogen-bond acceptors (Lipinski definition) is 4. The first kappa shape index (κ1) is 10.8. The lowest BCUT2D eigenvalue weighted by Gasteiger charge is -2.12. The van der Waals surface area contributed by atoms with Crippen molar-refractivity contribution in [3.05, 3.63) is 10.5 Å². The van der Waals surface area contributed by atoms with E-state index in [4.69, 9.17) is 0 Å². The van der Waals surface area contributed by atoms with E-state index >= 15 is 0 Å². The van der Waals surface area contributed by atoms with Crippen molar-refractivity contribution in [3.63, 3.8) is 0 Å². The largest absolute Gasteiger partial charge is 0.343 e. The number of likely N-dealkylation sites (tertiary alicyclic amines) is 1. The van der Waals surface area contributed by atoms with Gasteiger partial charge in [-0.25, -0.2) is 9.89 Å². The first-order chi connectivity index (χ1) is 7.27. The van der Waals surface area contributed by atoms with Gasteiger partial charge in [-0.2, -0.15) is 0 Å². The number of nitrogens with zero attached hydrogens (tertiary/aromatic N) is 3. The number of aromatic nitrogens is 3. The van der Waals surface area contributed by atoms with Crippen molar-refractivity contribution in [2.45, 2.75) is 18.0 Å². The number of H-pyrrole nitrogens is 1. The van der Waals surface area contributed by atoms with Gasteiger partial charge in [-0.1, -0.05) is 11.8 Å². The maximum absolute atomic E-state index is 11.1. The predicted molar refractivity (Wildman–Crippen MR) is 60.2 cm³/mol. The quantitative estimate of drug-likeness (QED) is 0.753. The Labute approximate surface area is 92.9 Å². The Hall–Kier alpha value is -0.750. The van der Waals surface area contributed by atoms with E-state index in [0.717, 1.165) is 17.5 Å². The second-order valence-corrected chi connectivity index (χ2v) is 4.83. The van der Waals surface area contributed by atoms with Gasteiger partial charge in [0.15, 0.2) is 5.16 Å². The molecule has 0 unspecified atom stereocenters. The van der Waals surface area contributed by atoms with Gasteiger partial charge in [0.25, 0.3) is 0 Å². The SMILES string of the molecule is Cn1c(SCCN2CCCC2)n[nH]c1=O. The minimum Gasteiger partial charge on any atom is -0.303 e. The van der Waals surface area contributed by atoms with Crippen molar-refractivity contribution >= 4 is 11.8 Å². The van der Waals surface area contributed by atoms with Gasteiger partial charge in [0.1, 0.15) is 0 Å². The van der Waals surface area contributed by atoms with Crippen LogP contribution in [0.25, 0.3) is 0 Å². The molecule has 15 heavy (non-hydrogen) atoms. The van der Waals surface area contributed by atoms with E-state index in [1.807, 2.05) is 0 Å². The van der Waals surface area contributed by atoms with E-state index < -0.39 is 0 Å². The molecular formula is C9H16N4OS. The predicted octanol–water partition coefficient (Wildman–Crippen LogP) is 0.296. The Balaban J connectivity index is 1.78. The number of rotatable bonds is 4. The Morgan fingerprint density at radius 2 is 2.20 bits per heavy atom. The molecule has 1 aromatic rings. The zero-order valence-electron chi connectivity index (χ0n) is 8.90. The van der Waals surface area contributed by atoms with Crippen molar-refractivity contribution in [2.75, 3.05) is 25.4 Å². The van der Waals surface area contributed by atoms with Gasteiger partial charge in [-0.15, -0.1) is 5.10 Å². The van der Waals surface area contributed by atoms with Crippen LogP contribution in [0.4, 0.5) is 0 Å². The number of aromatic amines is 1. The Kier molecular flexibility index (Phi) is 3.48. The first-order valence-corrected chi connectivity index (χ1v) is 6.22. The molecule has 0 aromatic carbocycles. The molecule has 1 aliphatic heterocycles. The third kappa shape index (κ3) is 2.63. The summed E-state index contributed by atoms with van der Waals surface area (Å²) in [5, 5.41) is 7.16. The first-order valence-electron chi connectivity index (χ1n) is 5.24. The van der Waals surface area contributed by atoms with Crippen LogP contribution >= 0.6 is 11.8 Å². The third-order valence-corrected chi connectivity index (χ3v) is 3.69. The van der Waals surface area contributed by atoms with Crippen molar-refractivity contribution in [1.82, 2.24) is 19.7 Å². The standard InChI is InChI=1S/C9H16N4OS/c1-12-8(14)10-11-9(12)15-7-6-13-4-2-3-5-13/h2-7H2,1H3,(H,10,14). The minimum atomic E-state index is -0.140. The van der Waals surface area contributed by atoms with Gasteiger partial charge in [0, 0.05) is 19.3 Å². The summed E-state index contributed by atoms with van der Waals surface area (Å²) in [5.74, 6) is 0.998. The molecule has 0 aliphatic carbocycles. The van der Waals surface area contributed by atoms with Crippen LogP contribution in [0.2, 0.25) is 0 Å². The van der Waals surface area contributed by atoms with Crippen LogP contribution in [0.1, 0.15) is 12.8 Å². The molecule has 0 atom stereocenters. The Morgan fingerprint density at radius 1 is 1.47 bits per heavy atom. The Bertz CT molecular complexity index is 366. The number of thioether (sulfide) groups is 1.